The summed E-state index contributed by atoms with van der Waals surface area (Å²) in [6, 6.07) is -0.244. The Hall–Kier alpha value is -0.780. The first kappa shape index (κ1) is 13.3. The summed E-state index contributed by atoms with van der Waals surface area (Å²) >= 11 is 0. The molecule has 2 atom stereocenters. The molecule has 0 aromatic carbocycles. The van der Waals surface area contributed by atoms with Gasteiger partial charge in [-0.05, 0) is 32.6 Å². The van der Waals surface area contributed by atoms with Crippen molar-refractivity contribution in [3.63, 3.8) is 0 Å². The molecule has 1 rings (SSSR count). The van der Waals surface area contributed by atoms with Crippen molar-refractivity contribution in [3.8, 4) is 0 Å². The maximum Gasteiger partial charge on any atom is 0.415 e. The lowest BCUT2D eigenvalue weighted by Gasteiger charge is -2.34. The van der Waals surface area contributed by atoms with Crippen LogP contribution >= 0.6 is 0 Å². The zero-order valence-electron chi connectivity index (χ0n) is 9.40. The van der Waals surface area contributed by atoms with E-state index in [1.165, 1.54) is 0 Å². The number of carbonyl (C=O) groups excluding carboxylic acids is 1. The molecule has 0 spiro atoms. The van der Waals surface area contributed by atoms with Crippen LogP contribution in [0.15, 0.2) is 0 Å². The van der Waals surface area contributed by atoms with E-state index in [0.717, 1.165) is 19.3 Å². The minimum atomic E-state index is -4.73. The van der Waals surface area contributed by atoms with Crippen LogP contribution in [-0.4, -0.2) is 23.7 Å². The van der Waals surface area contributed by atoms with E-state index in [4.69, 9.17) is 5.73 Å². The summed E-state index contributed by atoms with van der Waals surface area (Å²) in [5.74, 6) is -0.868. The van der Waals surface area contributed by atoms with Gasteiger partial charge in [0.1, 0.15) is 0 Å². The molecule has 94 valence electrons. The Balaban J connectivity index is 2.57. The van der Waals surface area contributed by atoms with Gasteiger partial charge in [-0.3, -0.25) is 4.79 Å². The molecule has 3 nitrogen and oxygen atoms in total. The van der Waals surface area contributed by atoms with E-state index < -0.39 is 17.6 Å². The van der Waals surface area contributed by atoms with Gasteiger partial charge in [-0.2, -0.15) is 13.2 Å². The Labute approximate surface area is 92.6 Å². The second kappa shape index (κ2) is 4.24. The van der Waals surface area contributed by atoms with Crippen molar-refractivity contribution < 1.29 is 18.0 Å². The molecule has 0 bridgehead atoms. The number of rotatable bonds is 3. The number of nitrogens with two attached hydrogens (primary N) is 1. The molecule has 1 saturated carbocycles. The van der Waals surface area contributed by atoms with E-state index in [1.807, 2.05) is 0 Å². The largest absolute Gasteiger partial charge is 0.415 e. The van der Waals surface area contributed by atoms with E-state index in [0.29, 0.717) is 6.92 Å². The average Bonchev–Trinajstić information content (AvgIpc) is 1.97. The molecule has 0 saturated heterocycles. The second-order valence-corrected chi connectivity index (χ2v) is 4.65. The molecule has 0 aromatic rings. The second-order valence-electron chi connectivity index (χ2n) is 4.65. The number of alkyl halides is 3. The van der Waals surface area contributed by atoms with E-state index >= 15 is 0 Å². The fourth-order valence-electron chi connectivity index (χ4n) is 1.54. The Kier molecular flexibility index (Phi) is 3.52. The van der Waals surface area contributed by atoms with Gasteiger partial charge in [-0.25, -0.2) is 0 Å². The summed E-state index contributed by atoms with van der Waals surface area (Å²) in [6.45, 7) is 2.41. The lowest BCUT2D eigenvalue weighted by atomic mass is 9.80. The summed E-state index contributed by atoms with van der Waals surface area (Å²) < 4.78 is 37.3. The van der Waals surface area contributed by atoms with Crippen molar-refractivity contribution in [2.24, 2.45) is 11.7 Å². The molecular weight excluding hydrogens is 221 g/mol. The quantitative estimate of drug-likeness (QED) is 0.784. The van der Waals surface area contributed by atoms with Crippen LogP contribution in [0.2, 0.25) is 0 Å². The highest BCUT2D eigenvalue weighted by molar-refractivity contribution is 5.86. The number of halogens is 3. The van der Waals surface area contributed by atoms with Gasteiger partial charge in [0, 0.05) is 6.04 Å². The molecule has 0 aromatic heterocycles. The number of hydrogen-bond acceptors (Lipinski definition) is 2. The fourth-order valence-corrected chi connectivity index (χ4v) is 1.54. The third-order valence-corrected chi connectivity index (χ3v) is 3.28. The maximum absolute atomic E-state index is 12.4. The Morgan fingerprint density at radius 3 is 2.25 bits per heavy atom. The fraction of sp³-hybridized carbons (Fsp3) is 0.900. The Morgan fingerprint density at radius 2 is 1.94 bits per heavy atom. The molecule has 1 fully saturated rings. The van der Waals surface area contributed by atoms with Crippen molar-refractivity contribution in [1.29, 1.82) is 0 Å². The minimum Gasteiger partial charge on any atom is -0.351 e. The summed E-state index contributed by atoms with van der Waals surface area (Å²) in [4.78, 5) is 11.4. The lowest BCUT2D eigenvalue weighted by Crippen LogP contribution is -2.63. The van der Waals surface area contributed by atoms with Gasteiger partial charge in [0.15, 0.2) is 5.54 Å². The van der Waals surface area contributed by atoms with Gasteiger partial charge in [0.05, 0.1) is 0 Å². The van der Waals surface area contributed by atoms with Crippen LogP contribution in [0.1, 0.15) is 33.1 Å². The monoisotopic (exact) mass is 238 g/mol. The number of carbonyl (C=O) groups is 1. The van der Waals surface area contributed by atoms with E-state index in [-0.39, 0.29) is 12.0 Å². The lowest BCUT2D eigenvalue weighted by molar-refractivity contribution is -0.188. The molecule has 0 radical (unpaired) electrons. The Bertz CT molecular complexity index is 272. The van der Waals surface area contributed by atoms with Gasteiger partial charge in [-0.1, -0.05) is 6.42 Å². The van der Waals surface area contributed by atoms with E-state index in [2.05, 4.69) is 5.32 Å². The van der Waals surface area contributed by atoms with Crippen molar-refractivity contribution in [3.05, 3.63) is 0 Å². The topological polar surface area (TPSA) is 55.1 Å². The van der Waals surface area contributed by atoms with E-state index in [9.17, 15) is 18.0 Å². The zero-order valence-corrected chi connectivity index (χ0v) is 9.40. The van der Waals surface area contributed by atoms with Crippen LogP contribution in [0.3, 0.4) is 0 Å². The van der Waals surface area contributed by atoms with Crippen LogP contribution in [0, 0.1) is 5.92 Å². The van der Waals surface area contributed by atoms with Crippen molar-refractivity contribution in [1.82, 2.24) is 5.32 Å². The molecule has 0 aliphatic heterocycles. The van der Waals surface area contributed by atoms with Crippen LogP contribution < -0.4 is 11.1 Å². The van der Waals surface area contributed by atoms with Gasteiger partial charge < -0.3 is 11.1 Å². The van der Waals surface area contributed by atoms with Gasteiger partial charge in [0.2, 0.25) is 5.91 Å². The van der Waals surface area contributed by atoms with Crippen molar-refractivity contribution in [2.45, 2.75) is 50.9 Å². The third kappa shape index (κ3) is 2.48. The molecule has 1 amide bonds. The maximum atomic E-state index is 12.4. The summed E-state index contributed by atoms with van der Waals surface area (Å²) in [6.07, 6.45) is -1.75. The van der Waals surface area contributed by atoms with Crippen LogP contribution in [0.4, 0.5) is 13.2 Å². The SMILES string of the molecule is CC(NC(=O)C(C)(N)C(F)(F)F)C1CCC1. The first-order chi connectivity index (χ1) is 7.16. The molecule has 0 heterocycles. The molecular formula is C10H17F3N2O. The highest BCUT2D eigenvalue weighted by Gasteiger charge is 2.54. The smallest absolute Gasteiger partial charge is 0.351 e. The molecule has 2 unspecified atom stereocenters. The molecule has 1 aliphatic rings. The molecule has 16 heavy (non-hydrogen) atoms. The molecule has 1 aliphatic carbocycles. The van der Waals surface area contributed by atoms with Crippen LogP contribution in [0.5, 0.6) is 0 Å². The van der Waals surface area contributed by atoms with Crippen molar-refractivity contribution in [2.75, 3.05) is 0 Å². The third-order valence-electron chi connectivity index (χ3n) is 3.28. The standard InChI is InChI=1S/C10H17F3N2O/c1-6(7-4-3-5-7)15-8(16)9(2,14)10(11,12)13/h6-7H,3-5,14H2,1-2H3,(H,15,16). The number of nitrogens with one attached hydrogen (secondary N) is 1. The summed E-state index contributed by atoms with van der Waals surface area (Å²) in [5.41, 5.74) is 2.19. The predicted octanol–water partition coefficient (Wildman–Crippen LogP) is 1.57. The highest BCUT2D eigenvalue weighted by atomic mass is 19.4. The summed E-state index contributed by atoms with van der Waals surface area (Å²) in [7, 11) is 0. The summed E-state index contributed by atoms with van der Waals surface area (Å²) in [5, 5.41) is 2.34. The van der Waals surface area contributed by atoms with Crippen LogP contribution in [-0.2, 0) is 4.79 Å². The first-order valence-corrected chi connectivity index (χ1v) is 5.33. The molecule has 6 heteroatoms. The number of hydrogen-bond donors (Lipinski definition) is 2. The van der Waals surface area contributed by atoms with E-state index in [1.54, 1.807) is 6.92 Å². The minimum absolute atomic E-state index is 0.244. The normalized spacial score (nSPS) is 23.1. The number of amides is 1. The first-order valence-electron chi connectivity index (χ1n) is 5.33. The Morgan fingerprint density at radius 1 is 1.44 bits per heavy atom. The molecule has 3 N–H and O–H groups in total. The van der Waals surface area contributed by atoms with Crippen LogP contribution in [0.25, 0.3) is 0 Å². The highest BCUT2D eigenvalue weighted by Crippen LogP contribution is 2.31. The van der Waals surface area contributed by atoms with Gasteiger partial charge in [-0.15, -0.1) is 0 Å². The predicted molar refractivity (Wildman–Crippen MR) is 53.6 cm³/mol. The zero-order chi connectivity index (χ0) is 12.6. The average molecular weight is 238 g/mol. The van der Waals surface area contributed by atoms with Gasteiger partial charge in [0.25, 0.3) is 0 Å². The van der Waals surface area contributed by atoms with Gasteiger partial charge >= 0.3 is 6.18 Å². The van der Waals surface area contributed by atoms with Crippen molar-refractivity contribution >= 4 is 5.91 Å².